The van der Waals surface area contributed by atoms with E-state index >= 15 is 0 Å². The molecule has 1 aromatic carbocycles. The van der Waals surface area contributed by atoms with Gasteiger partial charge in [-0.15, -0.1) is 0 Å². The normalized spacial score (nSPS) is 19.4. The Hall–Kier alpha value is -3.77. The van der Waals surface area contributed by atoms with Crippen LogP contribution in [0.2, 0.25) is 0 Å². The summed E-state index contributed by atoms with van der Waals surface area (Å²) >= 11 is 0. The molecular formula is C27H32FN5O6. The third-order valence-electron chi connectivity index (χ3n) is 7.52. The molecule has 0 aliphatic carbocycles. The molecule has 5 rings (SSSR count). The number of halogens is 1. The maximum Gasteiger partial charge on any atom is 0.275 e. The zero-order chi connectivity index (χ0) is 27.5. The summed E-state index contributed by atoms with van der Waals surface area (Å²) in [5, 5.41) is 13.3. The van der Waals surface area contributed by atoms with Gasteiger partial charge in [-0.3, -0.25) is 24.1 Å². The Kier molecular flexibility index (Phi) is 7.94. The van der Waals surface area contributed by atoms with E-state index in [2.05, 4.69) is 10.2 Å². The van der Waals surface area contributed by atoms with Gasteiger partial charge in [-0.1, -0.05) is 12.1 Å². The smallest absolute Gasteiger partial charge is 0.275 e. The number of hydrogen-bond acceptors (Lipinski definition) is 7. The van der Waals surface area contributed by atoms with Gasteiger partial charge in [-0.25, -0.2) is 4.39 Å². The molecule has 2 aromatic rings. The van der Waals surface area contributed by atoms with Gasteiger partial charge in [-0.2, -0.15) is 0 Å². The third-order valence-corrected chi connectivity index (χ3v) is 7.52. The zero-order valence-corrected chi connectivity index (χ0v) is 21.6. The summed E-state index contributed by atoms with van der Waals surface area (Å²) in [6.07, 6.45) is 2.76. The highest BCUT2D eigenvalue weighted by Crippen LogP contribution is 2.28. The molecule has 3 aliphatic rings. The second-order valence-corrected chi connectivity index (χ2v) is 10.00. The molecule has 0 radical (unpaired) electrons. The van der Waals surface area contributed by atoms with Crippen molar-refractivity contribution in [1.29, 1.82) is 0 Å². The molecule has 1 aromatic heterocycles. The number of carbonyl (C=O) groups excluding carboxylic acids is 3. The number of ether oxygens (including phenoxy) is 1. The summed E-state index contributed by atoms with van der Waals surface area (Å²) in [4.78, 5) is 57.2. The van der Waals surface area contributed by atoms with Gasteiger partial charge in [0.25, 0.3) is 11.8 Å². The molecule has 39 heavy (non-hydrogen) atoms. The largest absolute Gasteiger partial charge is 0.503 e. The Morgan fingerprint density at radius 2 is 1.82 bits per heavy atom. The van der Waals surface area contributed by atoms with Gasteiger partial charge < -0.3 is 29.5 Å². The first-order valence-electron chi connectivity index (χ1n) is 13.2. The fraction of sp³-hybridized carbons (Fsp3) is 0.481. The number of carbonyl (C=O) groups is 3. The minimum Gasteiger partial charge on any atom is -0.503 e. The van der Waals surface area contributed by atoms with Crippen LogP contribution in [0.4, 0.5) is 4.39 Å². The molecule has 208 valence electrons. The lowest BCUT2D eigenvalue weighted by Crippen LogP contribution is -2.61. The van der Waals surface area contributed by atoms with Crippen LogP contribution in [-0.4, -0.2) is 94.2 Å². The van der Waals surface area contributed by atoms with Gasteiger partial charge in [0, 0.05) is 51.9 Å². The molecule has 11 nitrogen and oxygen atoms in total. The van der Waals surface area contributed by atoms with Gasteiger partial charge in [-0.05, 0) is 30.5 Å². The summed E-state index contributed by atoms with van der Waals surface area (Å²) in [7, 11) is 0. The van der Waals surface area contributed by atoms with Crippen LogP contribution in [0.5, 0.6) is 5.75 Å². The van der Waals surface area contributed by atoms with E-state index in [1.807, 2.05) is 4.90 Å². The van der Waals surface area contributed by atoms with E-state index in [1.165, 1.54) is 35.0 Å². The Balaban J connectivity index is 1.29. The van der Waals surface area contributed by atoms with E-state index in [1.54, 1.807) is 4.90 Å². The van der Waals surface area contributed by atoms with Crippen LogP contribution in [0.25, 0.3) is 0 Å². The zero-order valence-electron chi connectivity index (χ0n) is 21.6. The van der Waals surface area contributed by atoms with Crippen molar-refractivity contribution in [2.24, 2.45) is 0 Å². The fourth-order valence-corrected chi connectivity index (χ4v) is 5.43. The molecule has 3 amide bonds. The molecule has 1 atom stereocenters. The fourth-order valence-electron chi connectivity index (χ4n) is 5.43. The summed E-state index contributed by atoms with van der Waals surface area (Å²) in [6.45, 7) is 4.48. The van der Waals surface area contributed by atoms with Crippen LogP contribution < -0.4 is 10.7 Å². The molecule has 2 N–H and O–H groups in total. The molecule has 3 aliphatic heterocycles. The van der Waals surface area contributed by atoms with Crippen molar-refractivity contribution in [2.75, 3.05) is 45.9 Å². The molecule has 2 fully saturated rings. The van der Waals surface area contributed by atoms with Crippen molar-refractivity contribution in [3.05, 3.63) is 63.3 Å². The number of morpholine rings is 1. The van der Waals surface area contributed by atoms with Gasteiger partial charge in [0.1, 0.15) is 17.5 Å². The highest BCUT2D eigenvalue weighted by Gasteiger charge is 2.40. The second kappa shape index (κ2) is 11.5. The summed E-state index contributed by atoms with van der Waals surface area (Å²) < 4.78 is 19.9. The SMILES string of the molecule is O=C(NCc1ccc(F)cc1)c1cn2c(c(O)c1=O)C(=O)N1CCCN(CCCC(=O)N3CCOCC3)C1C2. The van der Waals surface area contributed by atoms with Gasteiger partial charge >= 0.3 is 0 Å². The van der Waals surface area contributed by atoms with Crippen LogP contribution in [0.1, 0.15) is 45.7 Å². The number of fused-ring (bicyclic) bond motifs is 2. The van der Waals surface area contributed by atoms with Gasteiger partial charge in [0.2, 0.25) is 11.3 Å². The highest BCUT2D eigenvalue weighted by atomic mass is 19.1. The standard InChI is InChI=1S/C27H32FN5O6/c28-19-6-4-18(5-7-19)15-29-26(37)20-16-32-17-21-30(8-1-3-22(34)31-11-13-39-14-12-31)9-2-10-33(21)27(38)23(32)25(36)24(20)35/h4-7,16,21,36H,1-3,8-15,17H2,(H,29,37). The maximum absolute atomic E-state index is 13.4. The molecule has 12 heteroatoms. The van der Waals surface area contributed by atoms with Crippen molar-refractivity contribution < 1.29 is 28.6 Å². The lowest BCUT2D eigenvalue weighted by Gasteiger charge is -2.47. The van der Waals surface area contributed by atoms with Crippen LogP contribution in [0.3, 0.4) is 0 Å². The Bertz CT molecular complexity index is 1310. The Morgan fingerprint density at radius 1 is 1.08 bits per heavy atom. The Morgan fingerprint density at radius 3 is 2.56 bits per heavy atom. The number of nitrogens with one attached hydrogen (secondary N) is 1. The van der Waals surface area contributed by atoms with E-state index in [4.69, 9.17) is 4.74 Å². The van der Waals surface area contributed by atoms with E-state index in [9.17, 15) is 28.7 Å². The van der Waals surface area contributed by atoms with E-state index in [0.717, 1.165) is 13.0 Å². The van der Waals surface area contributed by atoms with Crippen LogP contribution >= 0.6 is 0 Å². The summed E-state index contributed by atoms with van der Waals surface area (Å²) in [5.41, 5.74) is -0.684. The van der Waals surface area contributed by atoms with Crippen molar-refractivity contribution in [2.45, 2.75) is 38.5 Å². The van der Waals surface area contributed by atoms with Gasteiger partial charge in [0.05, 0.1) is 19.8 Å². The minimum absolute atomic E-state index is 0.0628. The first-order valence-corrected chi connectivity index (χ1v) is 13.2. The number of nitrogens with zero attached hydrogens (tertiary/aromatic N) is 4. The molecule has 4 heterocycles. The molecular weight excluding hydrogens is 509 g/mol. The number of aromatic hydroxyl groups is 1. The van der Waals surface area contributed by atoms with E-state index in [0.29, 0.717) is 57.8 Å². The molecule has 0 spiro atoms. The molecule has 2 saturated heterocycles. The molecule has 0 saturated carbocycles. The monoisotopic (exact) mass is 541 g/mol. The lowest BCUT2D eigenvalue weighted by molar-refractivity contribution is -0.135. The second-order valence-electron chi connectivity index (χ2n) is 10.00. The predicted molar refractivity (Wildman–Crippen MR) is 138 cm³/mol. The summed E-state index contributed by atoms with van der Waals surface area (Å²) in [5.74, 6) is -2.22. The number of hydrogen-bond donors (Lipinski definition) is 2. The predicted octanol–water partition coefficient (Wildman–Crippen LogP) is 0.750. The Labute approximate surface area is 224 Å². The van der Waals surface area contributed by atoms with E-state index < -0.39 is 28.8 Å². The lowest BCUT2D eigenvalue weighted by atomic mass is 10.1. The van der Waals surface area contributed by atoms with Crippen molar-refractivity contribution in [1.82, 2.24) is 24.6 Å². The van der Waals surface area contributed by atoms with Crippen molar-refractivity contribution in [3.63, 3.8) is 0 Å². The number of rotatable bonds is 7. The first kappa shape index (κ1) is 26.8. The molecule has 1 unspecified atom stereocenters. The first-order chi connectivity index (χ1) is 18.8. The van der Waals surface area contributed by atoms with Crippen molar-refractivity contribution in [3.8, 4) is 5.75 Å². The van der Waals surface area contributed by atoms with Crippen LogP contribution in [0, 0.1) is 5.82 Å². The average molecular weight is 542 g/mol. The highest BCUT2D eigenvalue weighted by molar-refractivity contribution is 5.99. The third kappa shape index (κ3) is 5.66. The number of pyridine rings is 1. The number of aromatic nitrogens is 1. The average Bonchev–Trinajstić information content (AvgIpc) is 2.95. The van der Waals surface area contributed by atoms with Crippen LogP contribution in [0.15, 0.2) is 35.3 Å². The quantitative estimate of drug-likeness (QED) is 0.530. The van der Waals surface area contributed by atoms with Gasteiger partial charge in [0.15, 0.2) is 11.4 Å². The summed E-state index contributed by atoms with van der Waals surface area (Å²) in [6, 6.07) is 5.58. The molecule has 0 bridgehead atoms. The minimum atomic E-state index is -0.917. The number of benzene rings is 1. The topological polar surface area (TPSA) is 124 Å². The van der Waals surface area contributed by atoms with Crippen LogP contribution in [-0.2, 0) is 22.6 Å². The number of amides is 3. The maximum atomic E-state index is 13.4. The van der Waals surface area contributed by atoms with E-state index in [-0.39, 0.29) is 36.4 Å². The van der Waals surface area contributed by atoms with Crippen molar-refractivity contribution >= 4 is 17.7 Å².